The molecule has 23 heavy (non-hydrogen) atoms. The van der Waals surface area contributed by atoms with Crippen molar-refractivity contribution in [3.8, 4) is 0 Å². The highest BCUT2D eigenvalue weighted by molar-refractivity contribution is 7.91. The molecule has 1 aromatic carbocycles. The van der Waals surface area contributed by atoms with Gasteiger partial charge in [0.1, 0.15) is 0 Å². The standard InChI is InChI=1S/C19H31NO2S/c1-4-6-11-19(12-7-5-2)13-10-16-14-17(20-3)8-9-18(16)23(21,22)15-19/h8-9,14,20H,4-7,10-13,15H2,1-3H3. The molecule has 0 bridgehead atoms. The van der Waals surface area contributed by atoms with Crippen LogP contribution in [0.5, 0.6) is 0 Å². The van der Waals surface area contributed by atoms with Gasteiger partial charge in [0.15, 0.2) is 9.84 Å². The fourth-order valence-corrected chi connectivity index (χ4v) is 6.04. The first-order chi connectivity index (χ1) is 11.0. The van der Waals surface area contributed by atoms with Crippen molar-refractivity contribution >= 4 is 15.5 Å². The fourth-order valence-electron chi connectivity index (χ4n) is 3.81. The monoisotopic (exact) mass is 337 g/mol. The predicted octanol–water partition coefficient (Wildman–Crippen LogP) is 4.82. The summed E-state index contributed by atoms with van der Waals surface area (Å²) in [7, 11) is -1.32. The quantitative estimate of drug-likeness (QED) is 0.776. The van der Waals surface area contributed by atoms with Crippen molar-refractivity contribution in [1.82, 2.24) is 0 Å². The highest BCUT2D eigenvalue weighted by Crippen LogP contribution is 2.42. The summed E-state index contributed by atoms with van der Waals surface area (Å²) >= 11 is 0. The molecule has 0 saturated heterocycles. The Hall–Kier alpha value is -1.03. The van der Waals surface area contributed by atoms with Gasteiger partial charge in [0, 0.05) is 12.7 Å². The van der Waals surface area contributed by atoms with E-state index < -0.39 is 9.84 Å². The Bertz CT molecular complexity index is 614. The Labute approximate surface area is 141 Å². The van der Waals surface area contributed by atoms with Gasteiger partial charge in [-0.3, -0.25) is 0 Å². The summed E-state index contributed by atoms with van der Waals surface area (Å²) in [5.74, 6) is 0.325. The van der Waals surface area contributed by atoms with Crippen LogP contribution in [0.2, 0.25) is 0 Å². The van der Waals surface area contributed by atoms with E-state index in [1.54, 1.807) is 6.07 Å². The van der Waals surface area contributed by atoms with E-state index in [2.05, 4.69) is 19.2 Å². The lowest BCUT2D eigenvalue weighted by Gasteiger charge is -2.32. The molecule has 1 aliphatic rings. The summed E-state index contributed by atoms with van der Waals surface area (Å²) in [5.41, 5.74) is 1.95. The summed E-state index contributed by atoms with van der Waals surface area (Å²) in [6, 6.07) is 5.69. The SMILES string of the molecule is CCCCC1(CCCC)CCc2cc(NC)ccc2S(=O)(=O)C1. The molecule has 0 atom stereocenters. The molecule has 4 heteroatoms. The normalized spacial score (nSPS) is 18.9. The molecule has 1 N–H and O–H groups in total. The molecule has 0 fully saturated rings. The van der Waals surface area contributed by atoms with Gasteiger partial charge in [0.05, 0.1) is 10.6 Å². The van der Waals surface area contributed by atoms with Gasteiger partial charge in [0.2, 0.25) is 0 Å². The minimum Gasteiger partial charge on any atom is -0.388 e. The minimum absolute atomic E-state index is 0.0380. The van der Waals surface area contributed by atoms with E-state index in [0.29, 0.717) is 10.6 Å². The zero-order valence-electron chi connectivity index (χ0n) is 14.8. The third-order valence-corrected chi connectivity index (χ3v) is 7.29. The Kier molecular flexibility index (Phi) is 6.12. The Morgan fingerprint density at radius 1 is 1.13 bits per heavy atom. The van der Waals surface area contributed by atoms with Crippen molar-refractivity contribution < 1.29 is 8.42 Å². The maximum Gasteiger partial charge on any atom is 0.179 e. The number of nitrogens with one attached hydrogen (secondary N) is 1. The third-order valence-electron chi connectivity index (χ3n) is 5.23. The van der Waals surface area contributed by atoms with Crippen molar-refractivity contribution in [2.75, 3.05) is 18.1 Å². The van der Waals surface area contributed by atoms with E-state index >= 15 is 0 Å². The summed E-state index contributed by atoms with van der Waals surface area (Å²) < 4.78 is 26.0. The highest BCUT2D eigenvalue weighted by atomic mass is 32.2. The number of hydrogen-bond donors (Lipinski definition) is 1. The van der Waals surface area contributed by atoms with Gasteiger partial charge in [-0.1, -0.05) is 39.5 Å². The number of hydrogen-bond acceptors (Lipinski definition) is 3. The summed E-state index contributed by atoms with van der Waals surface area (Å²) in [6.07, 6.45) is 8.44. The van der Waals surface area contributed by atoms with Crippen LogP contribution < -0.4 is 5.32 Å². The van der Waals surface area contributed by atoms with Gasteiger partial charge in [-0.2, -0.15) is 0 Å². The Morgan fingerprint density at radius 2 is 1.78 bits per heavy atom. The smallest absolute Gasteiger partial charge is 0.179 e. The van der Waals surface area contributed by atoms with Crippen molar-refractivity contribution in [1.29, 1.82) is 0 Å². The van der Waals surface area contributed by atoms with E-state index in [0.717, 1.165) is 62.6 Å². The highest BCUT2D eigenvalue weighted by Gasteiger charge is 2.38. The second-order valence-corrected chi connectivity index (χ2v) is 9.00. The second kappa shape index (κ2) is 7.69. The van der Waals surface area contributed by atoms with Crippen LogP contribution >= 0.6 is 0 Å². The Balaban J connectivity index is 2.37. The Morgan fingerprint density at radius 3 is 2.35 bits per heavy atom. The number of rotatable bonds is 7. The van der Waals surface area contributed by atoms with Gasteiger partial charge in [-0.15, -0.1) is 0 Å². The van der Waals surface area contributed by atoms with Gasteiger partial charge < -0.3 is 5.32 Å². The molecular formula is C19H31NO2S. The molecule has 1 aliphatic heterocycles. The van der Waals surface area contributed by atoms with E-state index in [1.807, 2.05) is 19.2 Å². The lowest BCUT2D eigenvalue weighted by molar-refractivity contribution is 0.241. The number of unbranched alkanes of at least 4 members (excludes halogenated alkanes) is 2. The molecule has 0 spiro atoms. The van der Waals surface area contributed by atoms with Crippen LogP contribution in [0.15, 0.2) is 23.1 Å². The van der Waals surface area contributed by atoms with Crippen LogP contribution in [-0.2, 0) is 16.3 Å². The summed E-state index contributed by atoms with van der Waals surface area (Å²) in [6.45, 7) is 4.37. The molecule has 3 nitrogen and oxygen atoms in total. The average molecular weight is 338 g/mol. The zero-order valence-corrected chi connectivity index (χ0v) is 15.6. The van der Waals surface area contributed by atoms with Gasteiger partial charge in [0.25, 0.3) is 0 Å². The topological polar surface area (TPSA) is 46.2 Å². The molecule has 0 aliphatic carbocycles. The molecule has 0 saturated carbocycles. The first-order valence-corrected chi connectivity index (χ1v) is 10.6. The van der Waals surface area contributed by atoms with E-state index in [4.69, 9.17) is 0 Å². The summed E-state index contributed by atoms with van der Waals surface area (Å²) in [4.78, 5) is 0.561. The second-order valence-electron chi connectivity index (χ2n) is 7.04. The fraction of sp³-hybridized carbons (Fsp3) is 0.684. The number of aryl methyl sites for hydroxylation is 1. The van der Waals surface area contributed by atoms with E-state index in [-0.39, 0.29) is 5.41 Å². The lowest BCUT2D eigenvalue weighted by Crippen LogP contribution is -2.29. The van der Waals surface area contributed by atoms with Crippen LogP contribution in [0.1, 0.15) is 64.4 Å². The first-order valence-electron chi connectivity index (χ1n) is 9.00. The van der Waals surface area contributed by atoms with E-state index in [1.165, 1.54) is 0 Å². The molecule has 1 aromatic rings. The molecule has 0 unspecified atom stereocenters. The minimum atomic E-state index is -3.20. The molecule has 0 aromatic heterocycles. The third kappa shape index (κ3) is 4.28. The predicted molar refractivity (Wildman–Crippen MR) is 97.8 cm³/mol. The molecule has 130 valence electrons. The first kappa shape index (κ1) is 18.3. The van der Waals surface area contributed by atoms with Gasteiger partial charge >= 0.3 is 0 Å². The van der Waals surface area contributed by atoms with E-state index in [9.17, 15) is 8.42 Å². The van der Waals surface area contributed by atoms with Gasteiger partial charge in [-0.25, -0.2) is 8.42 Å². The van der Waals surface area contributed by atoms with Crippen molar-refractivity contribution in [3.63, 3.8) is 0 Å². The molecule has 1 heterocycles. The molecule has 0 amide bonds. The number of benzene rings is 1. The van der Waals surface area contributed by atoms with Crippen LogP contribution in [-0.4, -0.2) is 21.2 Å². The largest absolute Gasteiger partial charge is 0.388 e. The molecule has 0 radical (unpaired) electrons. The maximum atomic E-state index is 13.0. The van der Waals surface area contributed by atoms with Crippen molar-refractivity contribution in [2.24, 2.45) is 5.41 Å². The number of sulfone groups is 1. The molecule has 2 rings (SSSR count). The maximum absolute atomic E-state index is 13.0. The van der Waals surface area contributed by atoms with Crippen LogP contribution in [0.3, 0.4) is 0 Å². The number of anilines is 1. The van der Waals surface area contributed by atoms with Crippen LogP contribution in [0, 0.1) is 5.41 Å². The van der Waals surface area contributed by atoms with Crippen molar-refractivity contribution in [3.05, 3.63) is 23.8 Å². The van der Waals surface area contributed by atoms with Crippen LogP contribution in [0.25, 0.3) is 0 Å². The van der Waals surface area contributed by atoms with Crippen LogP contribution in [0.4, 0.5) is 5.69 Å². The zero-order chi connectivity index (χ0) is 16.9. The summed E-state index contributed by atoms with van der Waals surface area (Å²) in [5, 5.41) is 3.12. The van der Waals surface area contributed by atoms with Gasteiger partial charge in [-0.05, 0) is 54.9 Å². The lowest BCUT2D eigenvalue weighted by atomic mass is 9.75. The molecular weight excluding hydrogens is 306 g/mol. The van der Waals surface area contributed by atoms with Crippen molar-refractivity contribution in [2.45, 2.75) is 70.1 Å². The number of fused-ring (bicyclic) bond motifs is 1. The average Bonchev–Trinajstić information content (AvgIpc) is 2.65.